The van der Waals surface area contributed by atoms with Gasteiger partial charge in [-0.05, 0) is 51.7 Å². The zero-order chi connectivity index (χ0) is 17.5. The maximum Gasteiger partial charge on any atom is 0.191 e. The molecule has 3 atom stereocenters. The van der Waals surface area contributed by atoms with Gasteiger partial charge in [0.05, 0.1) is 18.2 Å². The van der Waals surface area contributed by atoms with Gasteiger partial charge in [-0.3, -0.25) is 4.99 Å². The van der Waals surface area contributed by atoms with Crippen LogP contribution in [0.25, 0.3) is 0 Å². The van der Waals surface area contributed by atoms with Crippen molar-refractivity contribution in [3.05, 3.63) is 30.3 Å². The molecule has 0 radical (unpaired) electrons. The van der Waals surface area contributed by atoms with Gasteiger partial charge in [0.2, 0.25) is 0 Å². The van der Waals surface area contributed by atoms with Crippen LogP contribution in [0.1, 0.15) is 39.5 Å². The molecule has 1 aromatic rings. The van der Waals surface area contributed by atoms with E-state index in [0.29, 0.717) is 18.2 Å². The summed E-state index contributed by atoms with van der Waals surface area (Å²) in [5, 5.41) is 6.95. The Kier molecular flexibility index (Phi) is 8.98. The second kappa shape index (κ2) is 11.0. The summed E-state index contributed by atoms with van der Waals surface area (Å²) in [6.45, 7) is 8.09. The number of hydrogen-bond donors (Lipinski definition) is 2. The molecule has 2 saturated heterocycles. The molecule has 146 valence electrons. The molecule has 0 saturated carbocycles. The van der Waals surface area contributed by atoms with Gasteiger partial charge in [-0.2, -0.15) is 0 Å². The molecular weight excluding hydrogens is 439 g/mol. The van der Waals surface area contributed by atoms with Crippen molar-refractivity contribution in [2.24, 2.45) is 4.99 Å². The standard InChI is InChI=1S/C20H32N4O.HI/c1-3-21-20(23-18-15-17-11-12-19(18)25-17)22-13-8-14-24(4-2)16-9-6-5-7-10-16;/h5-7,9-10,17-19H,3-4,8,11-15H2,1-2H3,(H2,21,22,23);1H. The van der Waals surface area contributed by atoms with Crippen LogP contribution in [0.15, 0.2) is 35.3 Å². The summed E-state index contributed by atoms with van der Waals surface area (Å²) in [5.74, 6) is 0.936. The van der Waals surface area contributed by atoms with Gasteiger partial charge in [0.25, 0.3) is 0 Å². The largest absolute Gasteiger partial charge is 0.373 e. The molecule has 2 aliphatic heterocycles. The van der Waals surface area contributed by atoms with Crippen molar-refractivity contribution in [1.82, 2.24) is 10.6 Å². The summed E-state index contributed by atoms with van der Waals surface area (Å²) in [4.78, 5) is 7.18. The molecule has 2 fully saturated rings. The number of hydrogen-bond acceptors (Lipinski definition) is 3. The van der Waals surface area contributed by atoms with E-state index in [9.17, 15) is 0 Å². The third kappa shape index (κ3) is 5.74. The van der Waals surface area contributed by atoms with Crippen LogP contribution in [0.5, 0.6) is 0 Å². The summed E-state index contributed by atoms with van der Waals surface area (Å²) >= 11 is 0. The van der Waals surface area contributed by atoms with Gasteiger partial charge in [0.1, 0.15) is 0 Å². The molecule has 5 nitrogen and oxygen atoms in total. The summed E-state index contributed by atoms with van der Waals surface area (Å²) in [6, 6.07) is 11.0. The highest BCUT2D eigenvalue weighted by atomic mass is 127. The van der Waals surface area contributed by atoms with Crippen molar-refractivity contribution in [1.29, 1.82) is 0 Å². The van der Waals surface area contributed by atoms with E-state index in [-0.39, 0.29) is 24.0 Å². The average molecular weight is 472 g/mol. The van der Waals surface area contributed by atoms with Crippen molar-refractivity contribution in [2.45, 2.75) is 57.8 Å². The fraction of sp³-hybridized carbons (Fsp3) is 0.650. The van der Waals surface area contributed by atoms with Gasteiger partial charge < -0.3 is 20.3 Å². The minimum atomic E-state index is 0. The van der Waals surface area contributed by atoms with Crippen LogP contribution in [0.3, 0.4) is 0 Å². The van der Waals surface area contributed by atoms with Gasteiger partial charge in [-0.25, -0.2) is 0 Å². The van der Waals surface area contributed by atoms with Crippen molar-refractivity contribution in [2.75, 3.05) is 31.1 Å². The lowest BCUT2D eigenvalue weighted by Crippen LogP contribution is -2.47. The number of rotatable bonds is 8. The average Bonchev–Trinajstić information content (AvgIpc) is 3.25. The zero-order valence-corrected chi connectivity index (χ0v) is 18.3. The van der Waals surface area contributed by atoms with E-state index in [1.165, 1.54) is 18.5 Å². The number of nitrogens with zero attached hydrogens (tertiary/aromatic N) is 2. The molecule has 26 heavy (non-hydrogen) atoms. The molecule has 3 rings (SSSR count). The number of guanidine groups is 1. The van der Waals surface area contributed by atoms with Gasteiger partial charge in [-0.1, -0.05) is 18.2 Å². The topological polar surface area (TPSA) is 48.9 Å². The second-order valence-electron chi connectivity index (χ2n) is 6.89. The molecule has 2 heterocycles. The Bertz CT molecular complexity index is 554. The van der Waals surface area contributed by atoms with Crippen LogP contribution in [0.4, 0.5) is 5.69 Å². The summed E-state index contributed by atoms with van der Waals surface area (Å²) in [7, 11) is 0. The Labute approximate surface area is 175 Å². The fourth-order valence-corrected chi connectivity index (χ4v) is 3.85. The molecule has 0 aliphatic carbocycles. The van der Waals surface area contributed by atoms with Crippen molar-refractivity contribution in [3.63, 3.8) is 0 Å². The molecule has 6 heteroatoms. The van der Waals surface area contributed by atoms with E-state index < -0.39 is 0 Å². The van der Waals surface area contributed by atoms with Gasteiger partial charge >= 0.3 is 0 Å². The SMILES string of the molecule is CCNC(=NCCCN(CC)c1ccccc1)NC1CC2CCC1O2.I. The first kappa shape index (κ1) is 21.3. The van der Waals surface area contributed by atoms with E-state index in [1.807, 2.05) is 0 Å². The number of halogens is 1. The first-order valence-electron chi connectivity index (χ1n) is 9.80. The third-order valence-corrected chi connectivity index (χ3v) is 5.13. The van der Waals surface area contributed by atoms with Crippen molar-refractivity contribution in [3.8, 4) is 0 Å². The van der Waals surface area contributed by atoms with Crippen LogP contribution in [-0.4, -0.2) is 50.4 Å². The number of aliphatic imine (C=N–C) groups is 1. The highest BCUT2D eigenvalue weighted by Crippen LogP contribution is 2.34. The first-order valence-corrected chi connectivity index (χ1v) is 9.80. The zero-order valence-electron chi connectivity index (χ0n) is 16.0. The van der Waals surface area contributed by atoms with Crippen molar-refractivity contribution >= 4 is 35.6 Å². The van der Waals surface area contributed by atoms with E-state index >= 15 is 0 Å². The number of nitrogens with one attached hydrogen (secondary N) is 2. The number of benzene rings is 1. The molecule has 3 unspecified atom stereocenters. The molecule has 0 spiro atoms. The molecule has 2 aliphatic rings. The number of anilines is 1. The minimum absolute atomic E-state index is 0. The number of ether oxygens (including phenoxy) is 1. The highest BCUT2D eigenvalue weighted by molar-refractivity contribution is 14.0. The van der Waals surface area contributed by atoms with E-state index in [0.717, 1.165) is 45.0 Å². The number of fused-ring (bicyclic) bond motifs is 2. The Balaban J connectivity index is 0.00000243. The third-order valence-electron chi connectivity index (χ3n) is 5.13. The predicted molar refractivity (Wildman–Crippen MR) is 120 cm³/mol. The van der Waals surface area contributed by atoms with Crippen LogP contribution in [0.2, 0.25) is 0 Å². The maximum absolute atomic E-state index is 5.93. The fourth-order valence-electron chi connectivity index (χ4n) is 3.85. The van der Waals surface area contributed by atoms with E-state index in [2.05, 4.69) is 59.7 Å². The summed E-state index contributed by atoms with van der Waals surface area (Å²) < 4.78 is 5.93. The van der Waals surface area contributed by atoms with Crippen LogP contribution < -0.4 is 15.5 Å². The lowest BCUT2D eigenvalue weighted by molar-refractivity contribution is 0.0992. The monoisotopic (exact) mass is 472 g/mol. The highest BCUT2D eigenvalue weighted by Gasteiger charge is 2.41. The molecule has 2 bridgehead atoms. The van der Waals surface area contributed by atoms with E-state index in [1.54, 1.807) is 0 Å². The minimum Gasteiger partial charge on any atom is -0.373 e. The Hall–Kier alpha value is -1.02. The van der Waals surface area contributed by atoms with Crippen LogP contribution >= 0.6 is 24.0 Å². The Morgan fingerprint density at radius 2 is 2.04 bits per heavy atom. The van der Waals surface area contributed by atoms with E-state index in [4.69, 9.17) is 9.73 Å². The summed E-state index contributed by atoms with van der Waals surface area (Å²) in [5.41, 5.74) is 1.29. The molecule has 2 N–H and O–H groups in total. The normalized spacial score (nSPS) is 24.2. The van der Waals surface area contributed by atoms with Gasteiger partial charge in [0, 0.05) is 31.9 Å². The predicted octanol–water partition coefficient (Wildman–Crippen LogP) is 3.40. The van der Waals surface area contributed by atoms with Crippen LogP contribution in [0, 0.1) is 0 Å². The first-order chi connectivity index (χ1) is 12.3. The van der Waals surface area contributed by atoms with Gasteiger partial charge in [-0.15, -0.1) is 24.0 Å². The smallest absolute Gasteiger partial charge is 0.191 e. The van der Waals surface area contributed by atoms with Gasteiger partial charge in [0.15, 0.2) is 5.96 Å². The Morgan fingerprint density at radius 1 is 1.23 bits per heavy atom. The second-order valence-corrected chi connectivity index (χ2v) is 6.89. The lowest BCUT2D eigenvalue weighted by atomic mass is 9.96. The molecular formula is C20H33IN4O. The molecule has 1 aromatic carbocycles. The maximum atomic E-state index is 5.93. The quantitative estimate of drug-likeness (QED) is 0.264. The summed E-state index contributed by atoms with van der Waals surface area (Å²) in [6.07, 6.45) is 5.42. The van der Waals surface area contributed by atoms with Crippen molar-refractivity contribution < 1.29 is 4.74 Å². The molecule has 0 aromatic heterocycles. The Morgan fingerprint density at radius 3 is 2.65 bits per heavy atom. The van der Waals surface area contributed by atoms with Crippen LogP contribution in [-0.2, 0) is 4.74 Å². The number of para-hydroxylation sites is 1. The molecule has 0 amide bonds. The lowest BCUT2D eigenvalue weighted by Gasteiger charge is -2.24.